The number of allylic oxidation sites excluding steroid dienone is 2. The molecule has 0 N–H and O–H groups in total. The van der Waals surface area contributed by atoms with Crippen LogP contribution in [0.5, 0.6) is 0 Å². The first-order valence-corrected chi connectivity index (χ1v) is 4.02. The van der Waals surface area contributed by atoms with Crippen molar-refractivity contribution in [3.63, 3.8) is 0 Å². The molecule has 0 bridgehead atoms. The normalized spacial score (nSPS) is 36.9. The van der Waals surface area contributed by atoms with Crippen LogP contribution in [0.3, 0.4) is 0 Å². The van der Waals surface area contributed by atoms with Gasteiger partial charge < -0.3 is 0 Å². The van der Waals surface area contributed by atoms with Crippen molar-refractivity contribution in [1.29, 1.82) is 0 Å². The molecule has 0 aromatic carbocycles. The average molecular weight is 132 g/mol. The van der Waals surface area contributed by atoms with Crippen molar-refractivity contribution in [3.8, 4) is 11.8 Å². The molecule has 1 atom stereocenters. The van der Waals surface area contributed by atoms with Crippen molar-refractivity contribution in [2.24, 2.45) is 11.3 Å². The molecule has 0 heteroatoms. The summed E-state index contributed by atoms with van der Waals surface area (Å²) in [5.41, 5.74) is 0.248. The lowest BCUT2D eigenvalue weighted by molar-refractivity contribution is 0.205. The average Bonchev–Trinajstić information content (AvgIpc) is 2.09. The van der Waals surface area contributed by atoms with E-state index >= 15 is 0 Å². The van der Waals surface area contributed by atoms with Crippen LogP contribution in [0.25, 0.3) is 0 Å². The summed E-state index contributed by atoms with van der Waals surface area (Å²) < 4.78 is 0. The lowest BCUT2D eigenvalue weighted by Gasteiger charge is -2.36. The Balaban J connectivity index is 2.16. The number of hydrogen-bond acceptors (Lipinski definition) is 0. The van der Waals surface area contributed by atoms with Gasteiger partial charge in [-0.1, -0.05) is 24.3 Å². The molecule has 10 heavy (non-hydrogen) atoms. The predicted octanol–water partition coefficient (Wildman–Crippen LogP) is 2.37. The highest BCUT2D eigenvalue weighted by Crippen LogP contribution is 2.43. The summed E-state index contributed by atoms with van der Waals surface area (Å²) in [6.45, 7) is 2.26. The van der Waals surface area contributed by atoms with Crippen molar-refractivity contribution in [2.45, 2.75) is 26.2 Å². The van der Waals surface area contributed by atoms with E-state index in [9.17, 15) is 0 Å². The molecule has 0 nitrogen and oxygen atoms in total. The van der Waals surface area contributed by atoms with E-state index in [1.54, 1.807) is 0 Å². The second-order valence-corrected chi connectivity index (χ2v) is 3.51. The Morgan fingerprint density at radius 2 is 2.30 bits per heavy atom. The zero-order chi connectivity index (χ0) is 7.03. The Labute approximate surface area is 62.3 Å². The molecule has 1 fully saturated rings. The first kappa shape index (κ1) is 6.04. The molecule has 1 unspecified atom stereocenters. The maximum Gasteiger partial charge on any atom is 0.0506 e. The summed E-state index contributed by atoms with van der Waals surface area (Å²) in [4.78, 5) is 0. The summed E-state index contributed by atoms with van der Waals surface area (Å²) in [5.74, 6) is 7.17. The first-order chi connectivity index (χ1) is 4.81. The molecule has 2 aliphatic carbocycles. The minimum atomic E-state index is 0.248. The highest BCUT2D eigenvalue weighted by atomic mass is 14.4. The van der Waals surface area contributed by atoms with E-state index in [4.69, 9.17) is 0 Å². The minimum Gasteiger partial charge on any atom is -0.0875 e. The van der Waals surface area contributed by atoms with Gasteiger partial charge in [0.15, 0.2) is 0 Å². The van der Waals surface area contributed by atoms with Crippen LogP contribution in [0.15, 0.2) is 12.2 Å². The fourth-order valence-electron chi connectivity index (χ4n) is 1.70. The third-order valence-electron chi connectivity index (χ3n) is 2.81. The number of hydrogen-bond donors (Lipinski definition) is 0. The zero-order valence-corrected chi connectivity index (χ0v) is 6.35. The molecule has 0 amide bonds. The molecule has 0 radical (unpaired) electrons. The van der Waals surface area contributed by atoms with E-state index in [2.05, 4.69) is 24.8 Å². The van der Waals surface area contributed by atoms with Gasteiger partial charge in [-0.2, -0.15) is 0 Å². The van der Waals surface area contributed by atoms with E-state index in [0.717, 1.165) is 5.92 Å². The lowest BCUT2D eigenvalue weighted by Crippen LogP contribution is -2.28. The molecule has 0 aromatic rings. The molecule has 0 aromatic heterocycles. The SMILES string of the molecule is CC1(C2CCC2)C#CC=C1. The summed E-state index contributed by atoms with van der Waals surface area (Å²) in [6.07, 6.45) is 8.41. The van der Waals surface area contributed by atoms with Gasteiger partial charge in [-0.05, 0) is 31.8 Å². The smallest absolute Gasteiger partial charge is 0.0506 e. The molecular weight excluding hydrogens is 120 g/mol. The van der Waals surface area contributed by atoms with E-state index in [1.807, 2.05) is 6.08 Å². The molecule has 0 heterocycles. The van der Waals surface area contributed by atoms with Crippen molar-refractivity contribution in [1.82, 2.24) is 0 Å². The predicted molar refractivity (Wildman–Crippen MR) is 42.4 cm³/mol. The molecule has 0 spiro atoms. The quantitative estimate of drug-likeness (QED) is 0.480. The fourth-order valence-corrected chi connectivity index (χ4v) is 1.70. The van der Waals surface area contributed by atoms with E-state index in [0.29, 0.717) is 0 Å². The molecule has 1 saturated carbocycles. The van der Waals surface area contributed by atoms with Gasteiger partial charge in [0.2, 0.25) is 0 Å². The molecular formula is C10H12. The summed E-state index contributed by atoms with van der Waals surface area (Å²) in [6, 6.07) is 0. The van der Waals surface area contributed by atoms with Crippen LogP contribution in [0.2, 0.25) is 0 Å². The second-order valence-electron chi connectivity index (χ2n) is 3.51. The van der Waals surface area contributed by atoms with Gasteiger partial charge in [0.25, 0.3) is 0 Å². The first-order valence-electron chi connectivity index (χ1n) is 4.02. The third-order valence-corrected chi connectivity index (χ3v) is 2.81. The number of rotatable bonds is 1. The maximum absolute atomic E-state index is 3.27. The van der Waals surface area contributed by atoms with Gasteiger partial charge >= 0.3 is 0 Å². The Bertz CT molecular complexity index is 222. The van der Waals surface area contributed by atoms with Crippen molar-refractivity contribution >= 4 is 0 Å². The molecule has 2 aliphatic rings. The Hall–Kier alpha value is -0.700. The lowest BCUT2D eigenvalue weighted by atomic mass is 9.67. The van der Waals surface area contributed by atoms with E-state index in [1.165, 1.54) is 19.3 Å². The third kappa shape index (κ3) is 0.703. The van der Waals surface area contributed by atoms with Gasteiger partial charge in [-0.25, -0.2) is 0 Å². The van der Waals surface area contributed by atoms with Crippen LogP contribution in [0.1, 0.15) is 26.2 Å². The van der Waals surface area contributed by atoms with Crippen LogP contribution in [0, 0.1) is 23.2 Å². The Morgan fingerprint density at radius 1 is 1.50 bits per heavy atom. The van der Waals surface area contributed by atoms with Crippen molar-refractivity contribution in [2.75, 3.05) is 0 Å². The Morgan fingerprint density at radius 3 is 2.70 bits per heavy atom. The van der Waals surface area contributed by atoms with Gasteiger partial charge in [0, 0.05) is 0 Å². The topological polar surface area (TPSA) is 0 Å². The monoisotopic (exact) mass is 132 g/mol. The maximum atomic E-state index is 3.27. The van der Waals surface area contributed by atoms with Crippen LogP contribution in [-0.4, -0.2) is 0 Å². The second kappa shape index (κ2) is 1.89. The fraction of sp³-hybridized carbons (Fsp3) is 0.600. The largest absolute Gasteiger partial charge is 0.0875 e. The molecule has 2 rings (SSSR count). The van der Waals surface area contributed by atoms with Crippen LogP contribution >= 0.6 is 0 Å². The van der Waals surface area contributed by atoms with Crippen LogP contribution in [-0.2, 0) is 0 Å². The van der Waals surface area contributed by atoms with Crippen molar-refractivity contribution in [3.05, 3.63) is 12.2 Å². The molecule has 0 aliphatic heterocycles. The molecule has 52 valence electrons. The summed E-state index contributed by atoms with van der Waals surface area (Å²) >= 11 is 0. The van der Waals surface area contributed by atoms with E-state index in [-0.39, 0.29) is 5.41 Å². The minimum absolute atomic E-state index is 0.248. The van der Waals surface area contributed by atoms with Gasteiger partial charge in [0.05, 0.1) is 5.41 Å². The highest BCUT2D eigenvalue weighted by molar-refractivity contribution is 5.35. The van der Waals surface area contributed by atoms with Crippen LogP contribution in [0.4, 0.5) is 0 Å². The summed E-state index contributed by atoms with van der Waals surface area (Å²) in [7, 11) is 0. The van der Waals surface area contributed by atoms with Crippen molar-refractivity contribution < 1.29 is 0 Å². The van der Waals surface area contributed by atoms with E-state index < -0.39 is 0 Å². The van der Waals surface area contributed by atoms with Crippen LogP contribution < -0.4 is 0 Å². The highest BCUT2D eigenvalue weighted by Gasteiger charge is 2.35. The van der Waals surface area contributed by atoms with Gasteiger partial charge in [0.1, 0.15) is 0 Å². The molecule has 0 saturated heterocycles. The zero-order valence-electron chi connectivity index (χ0n) is 6.35. The Kier molecular flexibility index (Phi) is 1.14. The van der Waals surface area contributed by atoms with Gasteiger partial charge in [-0.3, -0.25) is 0 Å². The van der Waals surface area contributed by atoms with Gasteiger partial charge in [-0.15, -0.1) is 0 Å². The standard InChI is InChI=1S/C10H12/c1-10(7-2-3-8-10)9-5-4-6-9/h2,7,9H,4-6H2,1H3. The summed E-state index contributed by atoms with van der Waals surface area (Å²) in [5, 5.41) is 0.